The van der Waals surface area contributed by atoms with E-state index >= 15 is 0 Å². The minimum atomic E-state index is -3.55. The average molecular weight is 281 g/mol. The van der Waals surface area contributed by atoms with E-state index in [4.69, 9.17) is 10.3 Å². The third-order valence-electron chi connectivity index (χ3n) is 2.58. The molecule has 1 aromatic heterocycles. The Kier molecular flexibility index (Phi) is 3.98. The van der Waals surface area contributed by atoms with Crippen molar-refractivity contribution in [3.05, 3.63) is 47.3 Å². The number of aryl methyl sites for hydroxylation is 1. The first kappa shape index (κ1) is 13.7. The molecule has 0 aliphatic carbocycles. The second-order valence-corrected chi connectivity index (χ2v) is 5.87. The van der Waals surface area contributed by atoms with Crippen LogP contribution in [0.2, 0.25) is 0 Å². The van der Waals surface area contributed by atoms with Gasteiger partial charge in [0.05, 0.1) is 17.1 Å². The van der Waals surface area contributed by atoms with Gasteiger partial charge in [0.2, 0.25) is 10.0 Å². The molecule has 0 bridgehead atoms. The molecule has 1 aromatic carbocycles. The van der Waals surface area contributed by atoms with Gasteiger partial charge in [-0.15, -0.1) is 0 Å². The molecule has 7 heteroatoms. The minimum Gasteiger partial charge on any atom is -0.360 e. The molecule has 0 amide bonds. The Balaban J connectivity index is 2.09. The van der Waals surface area contributed by atoms with Crippen LogP contribution < -0.4 is 10.5 Å². The predicted octanol–water partition coefficient (Wildman–Crippen LogP) is 0.920. The molecular formula is C12H15N3O3S. The molecule has 0 aliphatic rings. The quantitative estimate of drug-likeness (QED) is 0.849. The maximum Gasteiger partial charge on any atom is 0.240 e. The maximum atomic E-state index is 12.0. The Morgan fingerprint density at radius 3 is 2.53 bits per heavy atom. The van der Waals surface area contributed by atoms with Crippen LogP contribution in [0.4, 0.5) is 0 Å². The largest absolute Gasteiger partial charge is 0.360 e. The molecule has 1 heterocycles. The molecule has 0 aliphatic heterocycles. The van der Waals surface area contributed by atoms with Crippen molar-refractivity contribution in [3.63, 3.8) is 0 Å². The van der Waals surface area contributed by atoms with Crippen molar-refractivity contribution in [2.24, 2.45) is 5.73 Å². The number of sulfonamides is 1. The van der Waals surface area contributed by atoms with Crippen LogP contribution in [0.15, 0.2) is 39.8 Å². The smallest absolute Gasteiger partial charge is 0.240 e. The van der Waals surface area contributed by atoms with Gasteiger partial charge in [0, 0.05) is 12.6 Å². The topological polar surface area (TPSA) is 98.2 Å². The van der Waals surface area contributed by atoms with E-state index in [1.165, 1.54) is 12.1 Å². The van der Waals surface area contributed by atoms with E-state index in [2.05, 4.69) is 9.88 Å². The lowest BCUT2D eigenvalue weighted by atomic mass is 10.2. The van der Waals surface area contributed by atoms with Gasteiger partial charge in [-0.05, 0) is 24.6 Å². The van der Waals surface area contributed by atoms with Crippen molar-refractivity contribution in [3.8, 4) is 0 Å². The molecule has 19 heavy (non-hydrogen) atoms. The number of rotatable bonds is 5. The highest BCUT2D eigenvalue weighted by Crippen LogP contribution is 2.11. The van der Waals surface area contributed by atoms with Gasteiger partial charge >= 0.3 is 0 Å². The van der Waals surface area contributed by atoms with E-state index in [-0.39, 0.29) is 11.4 Å². The first-order valence-corrected chi connectivity index (χ1v) is 7.20. The summed E-state index contributed by atoms with van der Waals surface area (Å²) in [5, 5.41) is 3.69. The van der Waals surface area contributed by atoms with Crippen molar-refractivity contribution in [2.75, 3.05) is 0 Å². The van der Waals surface area contributed by atoms with Gasteiger partial charge in [0.25, 0.3) is 0 Å². The highest BCUT2D eigenvalue weighted by Gasteiger charge is 2.14. The zero-order chi connectivity index (χ0) is 13.9. The van der Waals surface area contributed by atoms with Crippen molar-refractivity contribution in [1.82, 2.24) is 9.88 Å². The van der Waals surface area contributed by atoms with Crippen LogP contribution in [0.25, 0.3) is 0 Å². The lowest BCUT2D eigenvalue weighted by molar-refractivity contribution is 0.377. The molecule has 0 spiro atoms. The summed E-state index contributed by atoms with van der Waals surface area (Å²) in [6.45, 7) is 2.22. The second kappa shape index (κ2) is 5.52. The van der Waals surface area contributed by atoms with E-state index in [1.54, 1.807) is 25.1 Å². The Bertz CT molecular complexity index is 647. The van der Waals surface area contributed by atoms with Crippen LogP contribution in [0.1, 0.15) is 17.0 Å². The van der Waals surface area contributed by atoms with Gasteiger partial charge in [-0.1, -0.05) is 17.3 Å². The number of nitrogens with two attached hydrogens (primary N) is 1. The van der Waals surface area contributed by atoms with Crippen LogP contribution in [-0.2, 0) is 23.1 Å². The fourth-order valence-corrected chi connectivity index (χ4v) is 2.55. The number of benzene rings is 1. The summed E-state index contributed by atoms with van der Waals surface area (Å²) in [5.74, 6) is 0.472. The van der Waals surface area contributed by atoms with Crippen molar-refractivity contribution in [2.45, 2.75) is 24.9 Å². The SMILES string of the molecule is Cc1cc(CNS(=O)(=O)c2ccc(CN)cc2)on1. The highest BCUT2D eigenvalue weighted by molar-refractivity contribution is 7.89. The van der Waals surface area contributed by atoms with Gasteiger partial charge in [-0.3, -0.25) is 0 Å². The molecule has 6 nitrogen and oxygen atoms in total. The predicted molar refractivity (Wildman–Crippen MR) is 69.6 cm³/mol. The monoisotopic (exact) mass is 281 g/mol. The van der Waals surface area contributed by atoms with Crippen LogP contribution in [-0.4, -0.2) is 13.6 Å². The molecule has 102 valence electrons. The lowest BCUT2D eigenvalue weighted by Gasteiger charge is -2.05. The molecule has 0 fully saturated rings. The molecule has 0 unspecified atom stereocenters. The Morgan fingerprint density at radius 2 is 2.00 bits per heavy atom. The van der Waals surface area contributed by atoms with E-state index in [0.717, 1.165) is 5.56 Å². The van der Waals surface area contributed by atoms with Crippen molar-refractivity contribution in [1.29, 1.82) is 0 Å². The van der Waals surface area contributed by atoms with Crippen molar-refractivity contribution >= 4 is 10.0 Å². The van der Waals surface area contributed by atoms with E-state index in [9.17, 15) is 8.42 Å². The van der Waals surface area contributed by atoms with Gasteiger partial charge in [0.15, 0.2) is 5.76 Å². The van der Waals surface area contributed by atoms with Crippen LogP contribution in [0.5, 0.6) is 0 Å². The number of nitrogens with one attached hydrogen (secondary N) is 1. The average Bonchev–Trinajstić information content (AvgIpc) is 2.82. The number of hydrogen-bond donors (Lipinski definition) is 2. The lowest BCUT2D eigenvalue weighted by Crippen LogP contribution is -2.23. The standard InChI is InChI=1S/C12H15N3O3S/c1-9-6-11(18-15-9)8-14-19(16,17)12-4-2-10(7-13)3-5-12/h2-6,14H,7-8,13H2,1H3. The molecule has 2 aromatic rings. The highest BCUT2D eigenvalue weighted by atomic mass is 32.2. The Morgan fingerprint density at radius 1 is 1.32 bits per heavy atom. The Labute approximate surface area is 111 Å². The van der Waals surface area contributed by atoms with E-state index in [1.807, 2.05) is 0 Å². The zero-order valence-corrected chi connectivity index (χ0v) is 11.3. The summed E-state index contributed by atoms with van der Waals surface area (Å²) in [5.41, 5.74) is 7.05. The summed E-state index contributed by atoms with van der Waals surface area (Å²) in [6.07, 6.45) is 0. The third-order valence-corrected chi connectivity index (χ3v) is 4.00. The van der Waals surface area contributed by atoms with Crippen LogP contribution in [0.3, 0.4) is 0 Å². The summed E-state index contributed by atoms with van der Waals surface area (Å²) in [6, 6.07) is 8.10. The number of aromatic nitrogens is 1. The number of nitrogens with zero attached hydrogens (tertiary/aromatic N) is 1. The number of hydrogen-bond acceptors (Lipinski definition) is 5. The summed E-state index contributed by atoms with van der Waals surface area (Å²) < 4.78 is 31.4. The molecule has 0 atom stereocenters. The van der Waals surface area contributed by atoms with Gasteiger partial charge in [-0.25, -0.2) is 13.1 Å². The molecule has 0 saturated carbocycles. The van der Waals surface area contributed by atoms with Gasteiger partial charge in [-0.2, -0.15) is 0 Å². The summed E-state index contributed by atoms with van der Waals surface area (Å²) >= 11 is 0. The summed E-state index contributed by atoms with van der Waals surface area (Å²) in [4.78, 5) is 0.195. The minimum absolute atomic E-state index is 0.0712. The molecular weight excluding hydrogens is 266 g/mol. The van der Waals surface area contributed by atoms with E-state index < -0.39 is 10.0 Å². The van der Waals surface area contributed by atoms with Crippen molar-refractivity contribution < 1.29 is 12.9 Å². The first-order chi connectivity index (χ1) is 9.01. The van der Waals surface area contributed by atoms with Crippen LogP contribution in [0, 0.1) is 6.92 Å². The fraction of sp³-hybridized carbons (Fsp3) is 0.250. The molecule has 3 N–H and O–H groups in total. The third kappa shape index (κ3) is 3.40. The first-order valence-electron chi connectivity index (χ1n) is 5.72. The van der Waals surface area contributed by atoms with Gasteiger partial charge < -0.3 is 10.3 Å². The zero-order valence-electron chi connectivity index (χ0n) is 10.5. The maximum absolute atomic E-state index is 12.0. The molecule has 2 rings (SSSR count). The Hall–Kier alpha value is -1.70. The van der Waals surface area contributed by atoms with Crippen LogP contribution >= 0.6 is 0 Å². The van der Waals surface area contributed by atoms with Gasteiger partial charge in [0.1, 0.15) is 0 Å². The molecule has 0 saturated heterocycles. The fourth-order valence-electron chi connectivity index (χ4n) is 1.55. The normalized spacial score (nSPS) is 11.7. The second-order valence-electron chi connectivity index (χ2n) is 4.11. The van der Waals surface area contributed by atoms with E-state index in [0.29, 0.717) is 18.0 Å². The molecule has 0 radical (unpaired) electrons. The summed E-state index contributed by atoms with van der Waals surface area (Å²) in [7, 11) is -3.55.